The Hall–Kier alpha value is -1.52. The zero-order valence-corrected chi connectivity index (χ0v) is 10.6. The van der Waals surface area contributed by atoms with Crippen molar-refractivity contribution in [3.63, 3.8) is 0 Å². The van der Waals surface area contributed by atoms with E-state index in [9.17, 15) is 24.9 Å². The molecule has 2 saturated heterocycles. The van der Waals surface area contributed by atoms with Crippen LogP contribution in [0.2, 0.25) is 0 Å². The van der Waals surface area contributed by atoms with Crippen LogP contribution in [0.5, 0.6) is 0 Å². The van der Waals surface area contributed by atoms with Crippen LogP contribution >= 0.6 is 0 Å². The number of rotatable bonds is 2. The monoisotopic (exact) mass is 286 g/mol. The average molecular weight is 286 g/mol. The molecule has 110 valence electrons. The fraction of sp³-hybridized carbons (Fsp3) is 0.636. The molecule has 2 aliphatic rings. The van der Waals surface area contributed by atoms with E-state index in [1.165, 1.54) is 6.92 Å². The van der Waals surface area contributed by atoms with Gasteiger partial charge in [-0.2, -0.15) is 0 Å². The van der Waals surface area contributed by atoms with Crippen molar-refractivity contribution >= 4 is 0 Å². The van der Waals surface area contributed by atoms with Crippen LogP contribution in [-0.2, 0) is 15.4 Å². The number of hydrogen-bond donors (Lipinski definition) is 4. The van der Waals surface area contributed by atoms with Crippen LogP contribution in [0.25, 0.3) is 0 Å². The quantitative estimate of drug-likeness (QED) is 0.454. The van der Waals surface area contributed by atoms with Crippen LogP contribution in [0.4, 0.5) is 0 Å². The van der Waals surface area contributed by atoms with E-state index in [0.29, 0.717) is 0 Å². The Bertz CT molecular complexity index is 667. The summed E-state index contributed by atoms with van der Waals surface area (Å²) in [5.74, 6) is -2.29. The van der Waals surface area contributed by atoms with Gasteiger partial charge in [-0.1, -0.05) is 0 Å². The van der Waals surface area contributed by atoms with Crippen molar-refractivity contribution in [3.8, 4) is 0 Å². The molecule has 0 amide bonds. The minimum atomic E-state index is -2.29. The molecule has 2 aliphatic heterocycles. The first-order valence-electron chi connectivity index (χ1n) is 6.00. The summed E-state index contributed by atoms with van der Waals surface area (Å²) >= 11 is 0. The third kappa shape index (κ3) is 1.49. The lowest BCUT2D eigenvalue weighted by molar-refractivity contribution is -0.351. The highest BCUT2D eigenvalue weighted by atomic mass is 16.7. The Labute approximate surface area is 112 Å². The summed E-state index contributed by atoms with van der Waals surface area (Å²) in [6.45, 7) is 0.767. The molecule has 9 heteroatoms. The first kappa shape index (κ1) is 13.5. The number of aryl methyl sites for hydroxylation is 1. The van der Waals surface area contributed by atoms with E-state index in [4.69, 9.17) is 9.47 Å². The molecule has 1 aromatic heterocycles. The fourth-order valence-corrected chi connectivity index (χ4v) is 2.61. The minimum Gasteiger partial charge on any atom is -0.393 e. The molecule has 3 rings (SSSR count). The van der Waals surface area contributed by atoms with Gasteiger partial charge in [-0.05, 0) is 6.92 Å². The molecule has 0 saturated carbocycles. The predicted octanol–water partition coefficient (Wildman–Crippen LogP) is -3.03. The van der Waals surface area contributed by atoms with Crippen LogP contribution in [0.3, 0.4) is 0 Å². The largest absolute Gasteiger partial charge is 0.393 e. The summed E-state index contributed by atoms with van der Waals surface area (Å²) in [7, 11) is 0. The number of aromatic nitrogens is 2. The highest BCUT2D eigenvalue weighted by molar-refractivity contribution is 5.11. The normalized spacial score (nSPS) is 39.4. The van der Waals surface area contributed by atoms with Crippen molar-refractivity contribution in [3.05, 3.63) is 32.6 Å². The fourth-order valence-electron chi connectivity index (χ4n) is 2.61. The van der Waals surface area contributed by atoms with Crippen molar-refractivity contribution in [1.82, 2.24) is 9.55 Å². The van der Waals surface area contributed by atoms with E-state index in [1.54, 1.807) is 0 Å². The smallest absolute Gasteiger partial charge is 0.332 e. The molecule has 3 heterocycles. The number of aliphatic hydroxyl groups is 3. The van der Waals surface area contributed by atoms with E-state index in [2.05, 4.69) is 0 Å². The third-order valence-electron chi connectivity index (χ3n) is 3.79. The number of H-pyrrole nitrogens is 1. The number of ether oxygens (including phenoxy) is 2. The lowest BCUT2D eigenvalue weighted by Crippen LogP contribution is -2.55. The van der Waals surface area contributed by atoms with Gasteiger partial charge in [-0.25, -0.2) is 9.36 Å². The van der Waals surface area contributed by atoms with Crippen molar-refractivity contribution < 1.29 is 24.8 Å². The van der Waals surface area contributed by atoms with E-state index >= 15 is 0 Å². The first-order valence-corrected chi connectivity index (χ1v) is 6.00. The molecule has 0 unspecified atom stereocenters. The maximum atomic E-state index is 11.8. The Morgan fingerprint density at radius 1 is 1.55 bits per heavy atom. The van der Waals surface area contributed by atoms with Crippen LogP contribution in [0.1, 0.15) is 5.56 Å². The molecule has 9 nitrogen and oxygen atoms in total. The van der Waals surface area contributed by atoms with Crippen LogP contribution in [0, 0.1) is 6.92 Å². The SMILES string of the molecule is Cc1cn([C@]2(O)O[C@@]3(CO)CO[C@@H]2[C@@H]3O)c(=O)[nH]c1=O. The Morgan fingerprint density at radius 3 is 2.85 bits per heavy atom. The lowest BCUT2D eigenvalue weighted by atomic mass is 10.0. The molecule has 20 heavy (non-hydrogen) atoms. The molecule has 0 spiro atoms. The molecule has 0 radical (unpaired) electrons. The molecule has 2 fully saturated rings. The van der Waals surface area contributed by atoms with E-state index in [0.717, 1.165) is 10.8 Å². The molecule has 4 atom stereocenters. The Morgan fingerprint density at radius 2 is 2.25 bits per heavy atom. The first-order chi connectivity index (χ1) is 9.34. The Kier molecular flexibility index (Phi) is 2.69. The zero-order valence-electron chi connectivity index (χ0n) is 10.6. The lowest BCUT2D eigenvalue weighted by Gasteiger charge is -2.35. The molecule has 1 aromatic rings. The maximum Gasteiger partial charge on any atom is 0.332 e. The van der Waals surface area contributed by atoms with Gasteiger partial charge in [-0.15, -0.1) is 0 Å². The van der Waals surface area contributed by atoms with Crippen molar-refractivity contribution in [2.75, 3.05) is 13.2 Å². The molecule has 0 aliphatic carbocycles. The van der Waals surface area contributed by atoms with E-state index in [-0.39, 0.29) is 12.2 Å². The van der Waals surface area contributed by atoms with Gasteiger partial charge in [0.2, 0.25) is 0 Å². The highest BCUT2D eigenvalue weighted by Crippen LogP contribution is 2.46. The van der Waals surface area contributed by atoms with Crippen LogP contribution in [-0.4, -0.2) is 55.9 Å². The second-order valence-corrected chi connectivity index (χ2v) is 5.10. The van der Waals surface area contributed by atoms with Gasteiger partial charge >= 0.3 is 5.69 Å². The van der Waals surface area contributed by atoms with Crippen molar-refractivity contribution in [2.45, 2.75) is 30.6 Å². The average Bonchev–Trinajstić information content (AvgIpc) is 2.83. The molecule has 2 bridgehead atoms. The van der Waals surface area contributed by atoms with Gasteiger partial charge < -0.3 is 24.8 Å². The summed E-state index contributed by atoms with van der Waals surface area (Å²) in [5, 5.41) is 29.9. The topological polar surface area (TPSA) is 134 Å². The molecular formula is C11H14N2O7. The summed E-state index contributed by atoms with van der Waals surface area (Å²) in [6, 6.07) is 0. The number of nitrogens with zero attached hydrogens (tertiary/aromatic N) is 1. The molecular weight excluding hydrogens is 272 g/mol. The maximum absolute atomic E-state index is 11.8. The van der Waals surface area contributed by atoms with Crippen molar-refractivity contribution in [1.29, 1.82) is 0 Å². The second kappa shape index (κ2) is 3.99. The number of aromatic amines is 1. The minimum absolute atomic E-state index is 0.102. The molecule has 0 aromatic carbocycles. The summed E-state index contributed by atoms with van der Waals surface area (Å²) in [5.41, 5.74) is -2.80. The highest BCUT2D eigenvalue weighted by Gasteiger charge is 2.69. The van der Waals surface area contributed by atoms with Gasteiger partial charge in [0.05, 0.1) is 13.2 Å². The second-order valence-electron chi connectivity index (χ2n) is 5.10. The van der Waals surface area contributed by atoms with Gasteiger partial charge in [0.1, 0.15) is 11.7 Å². The Balaban J connectivity index is 2.14. The van der Waals surface area contributed by atoms with E-state index in [1.807, 2.05) is 4.98 Å². The van der Waals surface area contributed by atoms with Crippen LogP contribution in [0.15, 0.2) is 15.8 Å². The van der Waals surface area contributed by atoms with Gasteiger partial charge in [0, 0.05) is 11.8 Å². The molecule has 4 N–H and O–H groups in total. The van der Waals surface area contributed by atoms with E-state index < -0.39 is 41.6 Å². The van der Waals surface area contributed by atoms with Gasteiger partial charge in [0.15, 0.2) is 6.10 Å². The summed E-state index contributed by atoms with van der Waals surface area (Å²) < 4.78 is 11.3. The number of aliphatic hydroxyl groups excluding tert-OH is 2. The van der Waals surface area contributed by atoms with Crippen molar-refractivity contribution in [2.24, 2.45) is 0 Å². The van der Waals surface area contributed by atoms with Gasteiger partial charge in [0.25, 0.3) is 11.5 Å². The zero-order chi connectivity index (χ0) is 14.7. The van der Waals surface area contributed by atoms with Gasteiger partial charge in [-0.3, -0.25) is 9.78 Å². The third-order valence-corrected chi connectivity index (χ3v) is 3.79. The summed E-state index contributed by atoms with van der Waals surface area (Å²) in [6.07, 6.45) is -1.42. The number of fused-ring (bicyclic) bond motifs is 2. The summed E-state index contributed by atoms with van der Waals surface area (Å²) in [4.78, 5) is 25.2. The predicted molar refractivity (Wildman–Crippen MR) is 62.9 cm³/mol. The number of hydrogen-bond acceptors (Lipinski definition) is 7. The standard InChI is InChI=1S/C11H14N2O7/c1-5-2-13(9(17)12-8(5)16)11(18)7-6(15)10(3-14,20-11)4-19-7/h2,6-7,14-15,18H,3-4H2,1H3,(H,12,16,17)/t6-,7+,10-,11+/m0/s1. The van der Waals surface area contributed by atoms with Crippen LogP contribution < -0.4 is 11.2 Å². The number of nitrogens with one attached hydrogen (secondary N) is 1.